The highest BCUT2D eigenvalue weighted by Crippen LogP contribution is 2.37. The molecule has 5 aromatic rings. The number of fused-ring (bicyclic) bond motifs is 1. The Labute approximate surface area is 273 Å². The van der Waals surface area contributed by atoms with Crippen molar-refractivity contribution in [1.82, 2.24) is 24.2 Å². The van der Waals surface area contributed by atoms with Crippen LogP contribution in [0, 0.1) is 6.92 Å². The highest BCUT2D eigenvalue weighted by atomic mass is 16.5. The van der Waals surface area contributed by atoms with Crippen molar-refractivity contribution in [3.8, 4) is 22.6 Å². The van der Waals surface area contributed by atoms with E-state index in [-0.39, 0.29) is 22.6 Å². The number of pyridine rings is 2. The van der Waals surface area contributed by atoms with Gasteiger partial charge in [0.2, 0.25) is 0 Å². The summed E-state index contributed by atoms with van der Waals surface area (Å²) in [6, 6.07) is 14.6. The summed E-state index contributed by atoms with van der Waals surface area (Å²) in [5.74, 6) is 0.416. The monoisotopic (exact) mass is 636 g/mol. The number of hydrogen-bond acceptors (Lipinski definition) is 10. The molecular weight excluding hydrogens is 596 g/mol. The Morgan fingerprint density at radius 2 is 1.77 bits per heavy atom. The Morgan fingerprint density at radius 1 is 0.979 bits per heavy atom. The fourth-order valence-electron chi connectivity index (χ4n) is 5.98. The lowest BCUT2D eigenvalue weighted by Crippen LogP contribution is -2.47. The predicted octanol–water partition coefficient (Wildman–Crippen LogP) is 3.74. The fraction of sp³-hybridized carbons (Fsp3) is 0.314. The summed E-state index contributed by atoms with van der Waals surface area (Å²) in [5, 5.41) is 20.4. The summed E-state index contributed by atoms with van der Waals surface area (Å²) >= 11 is 0. The Hall–Kier alpha value is -5.20. The van der Waals surface area contributed by atoms with Gasteiger partial charge in [-0.3, -0.25) is 14.5 Å². The first kappa shape index (κ1) is 31.8. The Bertz CT molecular complexity index is 2030. The summed E-state index contributed by atoms with van der Waals surface area (Å²) < 4.78 is 7.87. The van der Waals surface area contributed by atoms with Crippen LogP contribution in [0.15, 0.2) is 76.7 Å². The number of benzene rings is 2. The molecule has 1 aliphatic rings. The van der Waals surface area contributed by atoms with E-state index in [4.69, 9.17) is 4.74 Å². The Kier molecular flexibility index (Phi) is 8.97. The number of hydrogen-bond donors (Lipinski definition) is 2. The van der Waals surface area contributed by atoms with Crippen molar-refractivity contribution >= 4 is 33.7 Å². The standard InChI is InChI=1S/C35H40N8O4/c1-23-6-10-30(43-34(45)28-9-7-26(39(2)3)18-24(28)20-37-43)33(44)32(23)25-19-29(35(46)40(4)22-25)38-31-11-8-27(21-36-31)42-14-12-41(13-15-42)16-17-47-5/h6-11,18-22,44H,12-17H2,1-5H3,(H,36,38). The molecule has 6 rings (SSSR count). The van der Waals surface area contributed by atoms with Crippen LogP contribution in [0.2, 0.25) is 0 Å². The van der Waals surface area contributed by atoms with Crippen LogP contribution >= 0.6 is 0 Å². The van der Waals surface area contributed by atoms with E-state index in [0.29, 0.717) is 33.4 Å². The van der Waals surface area contributed by atoms with Crippen molar-refractivity contribution < 1.29 is 9.84 Å². The van der Waals surface area contributed by atoms with E-state index in [2.05, 4.69) is 25.2 Å². The van der Waals surface area contributed by atoms with E-state index in [0.717, 1.165) is 56.3 Å². The number of rotatable bonds is 9. The van der Waals surface area contributed by atoms with Crippen molar-refractivity contribution in [3.05, 3.63) is 93.4 Å². The normalized spacial score (nSPS) is 13.7. The van der Waals surface area contributed by atoms with Gasteiger partial charge in [0.05, 0.1) is 30.1 Å². The summed E-state index contributed by atoms with van der Waals surface area (Å²) in [4.78, 5) is 38.0. The van der Waals surface area contributed by atoms with E-state index >= 15 is 0 Å². The highest BCUT2D eigenvalue weighted by molar-refractivity contribution is 5.85. The number of aryl methyl sites for hydroxylation is 2. The third-order valence-electron chi connectivity index (χ3n) is 8.71. The third-order valence-corrected chi connectivity index (χ3v) is 8.71. The zero-order valence-corrected chi connectivity index (χ0v) is 27.4. The number of methoxy groups -OCH3 is 1. The molecule has 12 heteroatoms. The van der Waals surface area contributed by atoms with E-state index in [9.17, 15) is 14.7 Å². The summed E-state index contributed by atoms with van der Waals surface area (Å²) in [6.07, 6.45) is 5.11. The second kappa shape index (κ2) is 13.3. The number of ether oxygens (including phenoxy) is 1. The van der Waals surface area contributed by atoms with Gasteiger partial charge in [-0.15, -0.1) is 0 Å². The molecule has 47 heavy (non-hydrogen) atoms. The number of phenolic OH excluding ortho intramolecular Hbond substituents is 1. The molecule has 244 valence electrons. The smallest absolute Gasteiger partial charge is 0.279 e. The van der Waals surface area contributed by atoms with Crippen molar-refractivity contribution in [1.29, 1.82) is 0 Å². The van der Waals surface area contributed by atoms with Gasteiger partial charge in [-0.25, -0.2) is 4.98 Å². The van der Waals surface area contributed by atoms with Gasteiger partial charge >= 0.3 is 0 Å². The second-order valence-electron chi connectivity index (χ2n) is 12.1. The SMILES string of the molecule is COCCN1CCN(c2ccc(Nc3cc(-c4c(C)ccc(-n5ncc6cc(N(C)C)ccc6c5=O)c4O)cn(C)c3=O)nc2)CC1. The minimum atomic E-state index is -0.344. The van der Waals surface area contributed by atoms with Crippen LogP contribution in [0.25, 0.3) is 27.6 Å². The molecule has 0 saturated carbocycles. The van der Waals surface area contributed by atoms with Gasteiger partial charge in [-0.2, -0.15) is 9.78 Å². The molecule has 2 aromatic carbocycles. The van der Waals surface area contributed by atoms with Crippen molar-refractivity contribution in [2.24, 2.45) is 7.05 Å². The molecule has 0 atom stereocenters. The van der Waals surface area contributed by atoms with E-state index in [1.807, 2.05) is 62.4 Å². The van der Waals surface area contributed by atoms with Gasteiger partial charge in [-0.05, 0) is 55.0 Å². The maximum Gasteiger partial charge on any atom is 0.279 e. The first-order valence-electron chi connectivity index (χ1n) is 15.6. The van der Waals surface area contributed by atoms with Crippen LogP contribution in [0.5, 0.6) is 5.75 Å². The third kappa shape index (κ3) is 6.42. The molecule has 0 unspecified atom stereocenters. The zero-order valence-electron chi connectivity index (χ0n) is 27.4. The van der Waals surface area contributed by atoms with Gasteiger partial charge in [0.1, 0.15) is 22.9 Å². The highest BCUT2D eigenvalue weighted by Gasteiger charge is 2.20. The molecule has 4 heterocycles. The van der Waals surface area contributed by atoms with Crippen LogP contribution in [-0.4, -0.2) is 89.9 Å². The van der Waals surface area contributed by atoms with Gasteiger partial charge in [0, 0.05) is 89.4 Å². The zero-order chi connectivity index (χ0) is 33.2. The van der Waals surface area contributed by atoms with Crippen LogP contribution in [0.1, 0.15) is 5.56 Å². The largest absolute Gasteiger partial charge is 0.505 e. The lowest BCUT2D eigenvalue weighted by molar-refractivity contribution is 0.144. The van der Waals surface area contributed by atoms with Crippen molar-refractivity contribution in [3.63, 3.8) is 0 Å². The molecule has 0 radical (unpaired) electrons. The van der Waals surface area contributed by atoms with Crippen LogP contribution in [0.4, 0.5) is 22.9 Å². The number of nitrogens with one attached hydrogen (secondary N) is 1. The quantitative estimate of drug-likeness (QED) is 0.248. The van der Waals surface area contributed by atoms with Crippen molar-refractivity contribution in [2.45, 2.75) is 6.92 Å². The minimum absolute atomic E-state index is 0.113. The average molecular weight is 637 g/mol. The fourth-order valence-corrected chi connectivity index (χ4v) is 5.98. The number of aromatic nitrogens is 4. The van der Waals surface area contributed by atoms with Gasteiger partial charge in [-0.1, -0.05) is 6.07 Å². The minimum Gasteiger partial charge on any atom is -0.505 e. The average Bonchev–Trinajstić information content (AvgIpc) is 3.07. The molecule has 1 saturated heterocycles. The number of piperazine rings is 1. The second-order valence-corrected chi connectivity index (χ2v) is 12.1. The molecule has 0 bridgehead atoms. The van der Waals surface area contributed by atoms with Gasteiger partial charge in [0.25, 0.3) is 11.1 Å². The summed E-state index contributed by atoms with van der Waals surface area (Å²) in [7, 11) is 7.25. The number of anilines is 4. The molecule has 12 nitrogen and oxygen atoms in total. The molecule has 3 aromatic heterocycles. The summed E-state index contributed by atoms with van der Waals surface area (Å²) in [6.45, 7) is 7.26. The Morgan fingerprint density at radius 3 is 2.47 bits per heavy atom. The summed E-state index contributed by atoms with van der Waals surface area (Å²) in [5.41, 5.74) is 3.79. The topological polar surface area (TPSA) is 121 Å². The van der Waals surface area contributed by atoms with Crippen LogP contribution in [0.3, 0.4) is 0 Å². The molecule has 0 aliphatic carbocycles. The predicted molar refractivity (Wildman–Crippen MR) is 187 cm³/mol. The number of phenols is 1. The molecule has 1 fully saturated rings. The van der Waals surface area contributed by atoms with Gasteiger partial charge in [0.15, 0.2) is 0 Å². The maximum atomic E-state index is 13.5. The van der Waals surface area contributed by atoms with E-state index < -0.39 is 0 Å². The molecule has 0 spiro atoms. The molecular formula is C35H40N8O4. The molecule has 1 aliphatic heterocycles. The van der Waals surface area contributed by atoms with Gasteiger partial charge < -0.3 is 29.5 Å². The van der Waals surface area contributed by atoms with Crippen molar-refractivity contribution in [2.75, 3.05) is 75.7 Å². The molecule has 2 N–H and O–H groups in total. The first-order valence-corrected chi connectivity index (χ1v) is 15.6. The van der Waals surface area contributed by atoms with Crippen LogP contribution < -0.4 is 26.2 Å². The molecule has 0 amide bonds. The van der Waals surface area contributed by atoms with E-state index in [1.165, 1.54) is 9.25 Å². The van der Waals surface area contributed by atoms with E-state index in [1.54, 1.807) is 44.8 Å². The maximum absolute atomic E-state index is 13.5. The number of nitrogens with zero attached hydrogens (tertiary/aromatic N) is 7. The lowest BCUT2D eigenvalue weighted by atomic mass is 9.99. The number of aromatic hydroxyl groups is 1. The first-order chi connectivity index (χ1) is 22.6. The Balaban J connectivity index is 1.28. The van der Waals surface area contributed by atoms with Crippen LogP contribution in [-0.2, 0) is 11.8 Å². The lowest BCUT2D eigenvalue weighted by Gasteiger charge is -2.35.